The summed E-state index contributed by atoms with van der Waals surface area (Å²) in [5.41, 5.74) is 2.32. The Kier molecular flexibility index (Phi) is 6.37. The number of aromatic nitrogens is 4. The minimum atomic E-state index is -1.06. The van der Waals surface area contributed by atoms with Crippen molar-refractivity contribution in [3.05, 3.63) is 71.5 Å². The van der Waals surface area contributed by atoms with Crippen LogP contribution in [0.3, 0.4) is 0 Å². The monoisotopic (exact) mass is 463 g/mol. The van der Waals surface area contributed by atoms with Crippen molar-refractivity contribution in [1.29, 1.82) is 0 Å². The Balaban J connectivity index is 1.64. The number of ether oxygens (including phenoxy) is 1. The van der Waals surface area contributed by atoms with Crippen LogP contribution >= 0.6 is 11.6 Å². The summed E-state index contributed by atoms with van der Waals surface area (Å²) in [6.45, 7) is 5.47. The van der Waals surface area contributed by atoms with Gasteiger partial charge in [0, 0.05) is 17.8 Å². The van der Waals surface area contributed by atoms with Gasteiger partial charge in [-0.15, -0.1) is 0 Å². The minimum absolute atomic E-state index is 0.0430. The molecule has 33 heavy (non-hydrogen) atoms. The average molecular weight is 464 g/mol. The topological polar surface area (TPSA) is 99.0 Å². The van der Waals surface area contributed by atoms with E-state index in [0.29, 0.717) is 27.6 Å². The van der Waals surface area contributed by atoms with E-state index in [1.54, 1.807) is 29.1 Å². The summed E-state index contributed by atoms with van der Waals surface area (Å²) in [6.07, 6.45) is 1.95. The Labute approximate surface area is 195 Å². The Morgan fingerprint density at radius 3 is 2.48 bits per heavy atom. The van der Waals surface area contributed by atoms with E-state index in [4.69, 9.17) is 21.3 Å². The summed E-state index contributed by atoms with van der Waals surface area (Å²) in [4.78, 5) is 34.4. The second-order valence-electron chi connectivity index (χ2n) is 7.74. The number of nitrogens with zero attached hydrogens (tertiary/aromatic N) is 4. The smallest absolute Gasteiger partial charge is 0.339 e. The highest BCUT2D eigenvalue weighted by atomic mass is 35.5. The molecule has 0 aliphatic carbocycles. The number of benzene rings is 1. The summed E-state index contributed by atoms with van der Waals surface area (Å²) < 4.78 is 7.24. The Bertz CT molecular complexity index is 1300. The molecule has 1 atom stereocenters. The third-order valence-corrected chi connectivity index (χ3v) is 5.20. The molecule has 168 valence electrons. The molecule has 0 saturated carbocycles. The first-order valence-corrected chi connectivity index (χ1v) is 10.8. The van der Waals surface area contributed by atoms with Crippen LogP contribution in [0.5, 0.6) is 0 Å². The predicted molar refractivity (Wildman–Crippen MR) is 126 cm³/mol. The van der Waals surface area contributed by atoms with Crippen molar-refractivity contribution in [3.63, 3.8) is 0 Å². The second-order valence-corrected chi connectivity index (χ2v) is 8.18. The number of nitrogens with one attached hydrogen (secondary N) is 1. The van der Waals surface area contributed by atoms with Crippen molar-refractivity contribution in [3.8, 4) is 11.3 Å². The maximum Gasteiger partial charge on any atom is 0.339 e. The number of hydrogen-bond donors (Lipinski definition) is 1. The van der Waals surface area contributed by atoms with E-state index in [0.717, 1.165) is 5.56 Å². The average Bonchev–Trinajstić information content (AvgIpc) is 3.24. The lowest BCUT2D eigenvalue weighted by atomic mass is 10.1. The van der Waals surface area contributed by atoms with Gasteiger partial charge in [0.15, 0.2) is 11.8 Å². The van der Waals surface area contributed by atoms with Gasteiger partial charge in [-0.1, -0.05) is 41.9 Å². The number of carbonyl (C=O) groups is 2. The third-order valence-electron chi connectivity index (χ3n) is 4.98. The molecule has 0 radical (unpaired) electrons. The number of pyridine rings is 2. The maximum atomic E-state index is 13.1. The number of carbonyl (C=O) groups excluding carboxylic acids is 2. The number of halogens is 1. The Morgan fingerprint density at radius 2 is 1.82 bits per heavy atom. The molecule has 4 aromatic rings. The Hall–Kier alpha value is -3.78. The molecule has 1 unspecified atom stereocenters. The van der Waals surface area contributed by atoms with E-state index in [2.05, 4.69) is 15.4 Å². The van der Waals surface area contributed by atoms with Gasteiger partial charge >= 0.3 is 5.97 Å². The van der Waals surface area contributed by atoms with E-state index in [-0.39, 0.29) is 11.6 Å². The SMILES string of the molecule is CC(OC(=O)c1cc(-c2ccccc2)nc2c1cnn2C(C)C)C(=O)Nc1ccc(Cl)cn1. The molecule has 0 fully saturated rings. The van der Waals surface area contributed by atoms with Crippen molar-refractivity contribution in [2.45, 2.75) is 32.9 Å². The first kappa shape index (κ1) is 22.4. The number of esters is 1. The number of rotatable bonds is 6. The van der Waals surface area contributed by atoms with Crippen LogP contribution in [0, 0.1) is 0 Å². The zero-order chi connectivity index (χ0) is 23.5. The zero-order valence-corrected chi connectivity index (χ0v) is 19.1. The molecule has 3 aromatic heterocycles. The van der Waals surface area contributed by atoms with Crippen molar-refractivity contribution in [1.82, 2.24) is 19.7 Å². The fourth-order valence-electron chi connectivity index (χ4n) is 3.28. The summed E-state index contributed by atoms with van der Waals surface area (Å²) in [5.74, 6) is -0.845. The van der Waals surface area contributed by atoms with Crippen molar-refractivity contribution < 1.29 is 14.3 Å². The number of fused-ring (bicyclic) bond motifs is 1. The van der Waals surface area contributed by atoms with Gasteiger partial charge in [0.1, 0.15) is 5.82 Å². The fourth-order valence-corrected chi connectivity index (χ4v) is 3.39. The minimum Gasteiger partial charge on any atom is -0.449 e. The molecular weight excluding hydrogens is 442 g/mol. The summed E-state index contributed by atoms with van der Waals surface area (Å²) in [7, 11) is 0. The van der Waals surface area contributed by atoms with Crippen LogP contribution in [0.15, 0.2) is 60.9 Å². The van der Waals surface area contributed by atoms with Crippen LogP contribution in [0.2, 0.25) is 5.02 Å². The molecule has 0 aliphatic rings. The molecule has 0 aliphatic heterocycles. The van der Waals surface area contributed by atoms with E-state index in [1.165, 1.54) is 13.1 Å². The molecule has 8 nitrogen and oxygen atoms in total. The van der Waals surface area contributed by atoms with Gasteiger partial charge in [0.05, 0.1) is 27.9 Å². The largest absolute Gasteiger partial charge is 0.449 e. The normalized spacial score (nSPS) is 12.0. The molecule has 1 aromatic carbocycles. The molecule has 3 heterocycles. The van der Waals surface area contributed by atoms with Gasteiger partial charge < -0.3 is 10.1 Å². The highest BCUT2D eigenvalue weighted by molar-refractivity contribution is 6.30. The molecule has 4 rings (SSSR count). The van der Waals surface area contributed by atoms with E-state index < -0.39 is 18.0 Å². The van der Waals surface area contributed by atoms with E-state index >= 15 is 0 Å². The molecule has 1 amide bonds. The molecule has 0 bridgehead atoms. The standard InChI is InChI=1S/C24H22ClN5O3/c1-14(2)30-22-19(13-27-30)18(11-20(28-22)16-7-5-4-6-8-16)24(32)33-15(3)23(31)29-21-10-9-17(25)12-26-21/h4-15H,1-3H3,(H,26,29,31). The molecule has 0 spiro atoms. The van der Waals surface area contributed by atoms with Gasteiger partial charge in [-0.3, -0.25) is 4.79 Å². The van der Waals surface area contributed by atoms with Gasteiger partial charge in [0.2, 0.25) is 0 Å². The van der Waals surface area contributed by atoms with Crippen LogP contribution in [-0.4, -0.2) is 37.7 Å². The van der Waals surface area contributed by atoms with Gasteiger partial charge in [0.25, 0.3) is 5.91 Å². The Morgan fingerprint density at radius 1 is 1.06 bits per heavy atom. The highest BCUT2D eigenvalue weighted by Gasteiger charge is 2.24. The predicted octanol–water partition coefficient (Wildman–Crippen LogP) is 4.91. The number of hydrogen-bond acceptors (Lipinski definition) is 6. The lowest BCUT2D eigenvalue weighted by Gasteiger charge is -2.14. The maximum absolute atomic E-state index is 13.1. The zero-order valence-electron chi connectivity index (χ0n) is 18.3. The van der Waals surface area contributed by atoms with Crippen molar-refractivity contribution >= 4 is 40.3 Å². The highest BCUT2D eigenvalue weighted by Crippen LogP contribution is 2.27. The summed E-state index contributed by atoms with van der Waals surface area (Å²) in [5, 5.41) is 8.01. The fraction of sp³-hybridized carbons (Fsp3) is 0.208. The third kappa shape index (κ3) is 4.85. The van der Waals surface area contributed by atoms with Crippen LogP contribution in [0.4, 0.5) is 5.82 Å². The first-order chi connectivity index (χ1) is 15.8. The molecule has 0 saturated heterocycles. The molecule has 1 N–H and O–H groups in total. The summed E-state index contributed by atoms with van der Waals surface area (Å²) in [6, 6.07) is 14.4. The quantitative estimate of drug-likeness (QED) is 0.408. The van der Waals surface area contributed by atoms with Crippen LogP contribution < -0.4 is 5.32 Å². The number of anilines is 1. The molecular formula is C24H22ClN5O3. The van der Waals surface area contributed by atoms with Crippen LogP contribution in [0.25, 0.3) is 22.3 Å². The lowest BCUT2D eigenvalue weighted by molar-refractivity contribution is -0.123. The van der Waals surface area contributed by atoms with Crippen molar-refractivity contribution in [2.75, 3.05) is 5.32 Å². The second kappa shape index (κ2) is 9.38. The van der Waals surface area contributed by atoms with Crippen LogP contribution in [0.1, 0.15) is 37.2 Å². The first-order valence-electron chi connectivity index (χ1n) is 10.4. The summed E-state index contributed by atoms with van der Waals surface area (Å²) >= 11 is 5.82. The van der Waals surface area contributed by atoms with Gasteiger partial charge in [-0.2, -0.15) is 5.10 Å². The van der Waals surface area contributed by atoms with Crippen LogP contribution in [-0.2, 0) is 9.53 Å². The van der Waals surface area contributed by atoms with E-state index in [1.807, 2.05) is 44.2 Å². The number of amides is 1. The van der Waals surface area contributed by atoms with E-state index in [9.17, 15) is 9.59 Å². The van der Waals surface area contributed by atoms with Crippen molar-refractivity contribution in [2.24, 2.45) is 0 Å². The lowest BCUT2D eigenvalue weighted by Crippen LogP contribution is -2.30. The van der Waals surface area contributed by atoms with Gasteiger partial charge in [-0.05, 0) is 39.0 Å². The van der Waals surface area contributed by atoms with Gasteiger partial charge in [-0.25, -0.2) is 19.4 Å². The molecule has 9 heteroatoms.